The molecule has 0 bridgehead atoms. The maximum atomic E-state index is 11.7. The third-order valence-electron chi connectivity index (χ3n) is 2.51. The van der Waals surface area contributed by atoms with Crippen LogP contribution in [0.25, 0.3) is 0 Å². The molecule has 0 aromatic heterocycles. The number of amides is 1. The van der Waals surface area contributed by atoms with Crippen molar-refractivity contribution in [3.63, 3.8) is 0 Å². The van der Waals surface area contributed by atoms with Gasteiger partial charge in [0.2, 0.25) is 5.91 Å². The SMILES string of the molecule is COC(=O)[C@H](C)NC(=O)Cc1ccc(OC)c(Cl)c1. The van der Waals surface area contributed by atoms with Gasteiger partial charge in [0.25, 0.3) is 0 Å². The molecule has 0 fully saturated rings. The maximum absolute atomic E-state index is 11.7. The molecule has 19 heavy (non-hydrogen) atoms. The predicted molar refractivity (Wildman–Crippen MR) is 71.3 cm³/mol. The van der Waals surface area contributed by atoms with Crippen LogP contribution in [0, 0.1) is 0 Å². The second-order valence-electron chi connectivity index (χ2n) is 3.96. The lowest BCUT2D eigenvalue weighted by Gasteiger charge is -2.12. The molecule has 0 heterocycles. The molecular formula is C13H16ClNO4. The summed E-state index contributed by atoms with van der Waals surface area (Å²) in [5.41, 5.74) is 0.736. The Hall–Kier alpha value is -1.75. The Morgan fingerprint density at radius 2 is 2.05 bits per heavy atom. The molecule has 1 amide bonds. The second-order valence-corrected chi connectivity index (χ2v) is 4.37. The Morgan fingerprint density at radius 3 is 2.58 bits per heavy atom. The molecule has 0 aliphatic carbocycles. The molecule has 1 aromatic carbocycles. The van der Waals surface area contributed by atoms with Crippen molar-refractivity contribution in [3.05, 3.63) is 28.8 Å². The predicted octanol–water partition coefficient (Wildman–Crippen LogP) is 1.57. The van der Waals surface area contributed by atoms with E-state index in [1.54, 1.807) is 25.1 Å². The molecule has 0 unspecified atom stereocenters. The number of esters is 1. The van der Waals surface area contributed by atoms with E-state index < -0.39 is 12.0 Å². The first-order valence-corrected chi connectivity index (χ1v) is 6.05. The summed E-state index contributed by atoms with van der Waals surface area (Å²) >= 11 is 5.96. The first-order valence-electron chi connectivity index (χ1n) is 5.67. The summed E-state index contributed by atoms with van der Waals surface area (Å²) in [5, 5.41) is 2.98. The molecule has 5 nitrogen and oxygen atoms in total. The molecule has 1 atom stereocenters. The van der Waals surface area contributed by atoms with Gasteiger partial charge in [-0.3, -0.25) is 4.79 Å². The molecule has 6 heteroatoms. The van der Waals surface area contributed by atoms with Crippen molar-refractivity contribution >= 4 is 23.5 Å². The molecule has 0 radical (unpaired) electrons. The van der Waals surface area contributed by atoms with Crippen LogP contribution in [0.4, 0.5) is 0 Å². The molecule has 0 aliphatic heterocycles. The minimum Gasteiger partial charge on any atom is -0.495 e. The van der Waals surface area contributed by atoms with Gasteiger partial charge in [-0.05, 0) is 24.6 Å². The number of hydrogen-bond acceptors (Lipinski definition) is 4. The number of carbonyl (C=O) groups excluding carboxylic acids is 2. The monoisotopic (exact) mass is 285 g/mol. The lowest BCUT2D eigenvalue weighted by Crippen LogP contribution is -2.39. The third-order valence-corrected chi connectivity index (χ3v) is 2.81. The Balaban J connectivity index is 2.62. The minimum absolute atomic E-state index is 0.130. The summed E-state index contributed by atoms with van der Waals surface area (Å²) < 4.78 is 9.54. The van der Waals surface area contributed by atoms with Crippen LogP contribution in [0.1, 0.15) is 12.5 Å². The van der Waals surface area contributed by atoms with Crippen molar-refractivity contribution in [2.24, 2.45) is 0 Å². The Bertz CT molecular complexity index is 476. The van der Waals surface area contributed by atoms with Gasteiger partial charge < -0.3 is 14.8 Å². The number of benzene rings is 1. The van der Waals surface area contributed by atoms with Crippen molar-refractivity contribution in [3.8, 4) is 5.75 Å². The number of rotatable bonds is 5. The van der Waals surface area contributed by atoms with Crippen LogP contribution >= 0.6 is 11.6 Å². The molecule has 0 saturated heterocycles. The van der Waals surface area contributed by atoms with Crippen molar-refractivity contribution in [2.45, 2.75) is 19.4 Å². The molecule has 0 saturated carbocycles. The zero-order valence-corrected chi connectivity index (χ0v) is 11.8. The van der Waals surface area contributed by atoms with Gasteiger partial charge in [0, 0.05) is 0 Å². The summed E-state index contributed by atoms with van der Waals surface area (Å²) in [6.07, 6.45) is 0.130. The quantitative estimate of drug-likeness (QED) is 0.834. The van der Waals surface area contributed by atoms with Crippen molar-refractivity contribution in [1.82, 2.24) is 5.32 Å². The van der Waals surface area contributed by atoms with E-state index in [-0.39, 0.29) is 12.3 Å². The average Bonchev–Trinajstić information content (AvgIpc) is 2.37. The van der Waals surface area contributed by atoms with Gasteiger partial charge in [-0.2, -0.15) is 0 Å². The molecular weight excluding hydrogens is 270 g/mol. The van der Waals surface area contributed by atoms with E-state index in [0.29, 0.717) is 10.8 Å². The number of carbonyl (C=O) groups is 2. The molecule has 1 N–H and O–H groups in total. The van der Waals surface area contributed by atoms with Gasteiger partial charge in [0.15, 0.2) is 0 Å². The molecule has 1 rings (SSSR count). The van der Waals surface area contributed by atoms with Gasteiger partial charge in [0.05, 0.1) is 25.7 Å². The lowest BCUT2D eigenvalue weighted by molar-refractivity contribution is -0.144. The van der Waals surface area contributed by atoms with Gasteiger partial charge in [0.1, 0.15) is 11.8 Å². The fraction of sp³-hybridized carbons (Fsp3) is 0.385. The van der Waals surface area contributed by atoms with E-state index in [9.17, 15) is 9.59 Å². The van der Waals surface area contributed by atoms with Crippen LogP contribution in [0.2, 0.25) is 5.02 Å². The van der Waals surface area contributed by atoms with Crippen LogP contribution in [0.3, 0.4) is 0 Å². The van der Waals surface area contributed by atoms with E-state index in [1.165, 1.54) is 14.2 Å². The van der Waals surface area contributed by atoms with Crippen LogP contribution in [-0.2, 0) is 20.7 Å². The van der Waals surface area contributed by atoms with E-state index in [1.807, 2.05) is 0 Å². The van der Waals surface area contributed by atoms with E-state index in [2.05, 4.69) is 10.1 Å². The lowest BCUT2D eigenvalue weighted by atomic mass is 10.1. The van der Waals surface area contributed by atoms with Crippen LogP contribution < -0.4 is 10.1 Å². The van der Waals surface area contributed by atoms with E-state index >= 15 is 0 Å². The number of nitrogens with one attached hydrogen (secondary N) is 1. The van der Waals surface area contributed by atoms with Crippen molar-refractivity contribution < 1.29 is 19.1 Å². The largest absolute Gasteiger partial charge is 0.495 e. The van der Waals surface area contributed by atoms with Gasteiger partial charge in [-0.1, -0.05) is 17.7 Å². The Labute approximate surface area is 116 Å². The molecule has 1 aromatic rings. The fourth-order valence-corrected chi connectivity index (χ4v) is 1.81. The topological polar surface area (TPSA) is 64.6 Å². The first-order chi connectivity index (χ1) is 8.97. The summed E-state index contributed by atoms with van der Waals surface area (Å²) in [6.45, 7) is 1.56. The zero-order valence-electron chi connectivity index (χ0n) is 11.0. The van der Waals surface area contributed by atoms with Gasteiger partial charge in [-0.25, -0.2) is 4.79 Å². The Kier molecular flexibility index (Phi) is 5.63. The number of halogens is 1. The summed E-state index contributed by atoms with van der Waals surface area (Å²) in [6, 6.07) is 4.41. The van der Waals surface area contributed by atoms with Crippen LogP contribution in [0.5, 0.6) is 5.75 Å². The molecule has 0 aliphatic rings. The van der Waals surface area contributed by atoms with E-state index in [0.717, 1.165) is 5.56 Å². The van der Waals surface area contributed by atoms with Crippen molar-refractivity contribution in [2.75, 3.05) is 14.2 Å². The van der Waals surface area contributed by atoms with Crippen LogP contribution in [0.15, 0.2) is 18.2 Å². The Morgan fingerprint density at radius 1 is 1.37 bits per heavy atom. The number of ether oxygens (including phenoxy) is 2. The zero-order chi connectivity index (χ0) is 14.4. The van der Waals surface area contributed by atoms with Crippen molar-refractivity contribution in [1.29, 1.82) is 0 Å². The highest BCUT2D eigenvalue weighted by Gasteiger charge is 2.16. The highest BCUT2D eigenvalue weighted by molar-refractivity contribution is 6.32. The number of hydrogen-bond donors (Lipinski definition) is 1. The normalized spacial score (nSPS) is 11.6. The highest BCUT2D eigenvalue weighted by Crippen LogP contribution is 2.25. The maximum Gasteiger partial charge on any atom is 0.328 e. The second kappa shape index (κ2) is 6.99. The molecule has 104 valence electrons. The van der Waals surface area contributed by atoms with Gasteiger partial charge >= 0.3 is 5.97 Å². The number of methoxy groups -OCH3 is 2. The van der Waals surface area contributed by atoms with Gasteiger partial charge in [-0.15, -0.1) is 0 Å². The first kappa shape index (κ1) is 15.3. The summed E-state index contributed by atoms with van der Waals surface area (Å²) in [7, 11) is 2.79. The summed E-state index contributed by atoms with van der Waals surface area (Å²) in [4.78, 5) is 22.9. The average molecular weight is 286 g/mol. The van der Waals surface area contributed by atoms with E-state index in [4.69, 9.17) is 16.3 Å². The fourth-order valence-electron chi connectivity index (χ4n) is 1.53. The smallest absolute Gasteiger partial charge is 0.328 e. The summed E-state index contributed by atoms with van der Waals surface area (Å²) in [5.74, 6) is -0.214. The molecule has 0 spiro atoms. The third kappa shape index (κ3) is 4.44. The minimum atomic E-state index is -0.675. The standard InChI is InChI=1S/C13H16ClNO4/c1-8(13(17)19-3)15-12(16)7-9-4-5-11(18-2)10(14)6-9/h4-6,8H,7H2,1-3H3,(H,15,16)/t8-/m0/s1. The van der Waals surface area contributed by atoms with Crippen LogP contribution in [-0.4, -0.2) is 32.1 Å². The highest BCUT2D eigenvalue weighted by atomic mass is 35.5.